The van der Waals surface area contributed by atoms with Crippen molar-refractivity contribution in [3.05, 3.63) is 0 Å². The first kappa shape index (κ1) is 19.4. The topological polar surface area (TPSA) is 92.8 Å². The fraction of sp³-hybridized carbons (Fsp3) is 0.778. The standard InChI is InChI=1S/C18H28N2O5/c1-4-11(2)15(18(24)25-3)19-14(21)9-10-20-16(22)12-7-5-6-8-13(12)17(20)23/h11-13,15H,4-10H2,1-3H3,(H,19,21)/t11-,12-,13+,15-/m1/s1. The molecular formula is C18H28N2O5. The van der Waals surface area contributed by atoms with E-state index in [0.717, 1.165) is 25.7 Å². The predicted octanol–water partition coefficient (Wildman–Crippen LogP) is 1.26. The number of carbonyl (C=O) groups is 4. The molecule has 1 heterocycles. The predicted molar refractivity (Wildman–Crippen MR) is 90.2 cm³/mol. The van der Waals surface area contributed by atoms with Crippen LogP contribution in [-0.4, -0.2) is 48.3 Å². The molecule has 0 radical (unpaired) electrons. The molecule has 7 heteroatoms. The molecule has 140 valence electrons. The largest absolute Gasteiger partial charge is 0.467 e. The molecule has 0 aromatic rings. The summed E-state index contributed by atoms with van der Waals surface area (Å²) in [7, 11) is 1.28. The van der Waals surface area contributed by atoms with Crippen LogP contribution in [0, 0.1) is 17.8 Å². The molecule has 2 fully saturated rings. The summed E-state index contributed by atoms with van der Waals surface area (Å²) in [5.74, 6) is -1.59. The summed E-state index contributed by atoms with van der Waals surface area (Å²) < 4.78 is 4.74. The zero-order valence-electron chi connectivity index (χ0n) is 15.2. The minimum absolute atomic E-state index is 0.000842. The Kier molecular flexibility index (Phi) is 6.56. The number of esters is 1. The van der Waals surface area contributed by atoms with Gasteiger partial charge in [-0.3, -0.25) is 19.3 Å². The van der Waals surface area contributed by atoms with Gasteiger partial charge >= 0.3 is 5.97 Å². The smallest absolute Gasteiger partial charge is 0.328 e. The van der Waals surface area contributed by atoms with E-state index in [2.05, 4.69) is 5.32 Å². The molecule has 2 aliphatic rings. The van der Waals surface area contributed by atoms with Crippen molar-refractivity contribution in [2.24, 2.45) is 17.8 Å². The highest BCUT2D eigenvalue weighted by Crippen LogP contribution is 2.37. The Morgan fingerprint density at radius 2 is 1.76 bits per heavy atom. The molecule has 1 N–H and O–H groups in total. The van der Waals surface area contributed by atoms with Crippen LogP contribution in [0.1, 0.15) is 52.4 Å². The second kappa shape index (κ2) is 8.45. The summed E-state index contributed by atoms with van der Waals surface area (Å²) in [5, 5.41) is 2.67. The van der Waals surface area contributed by atoms with Crippen LogP contribution in [0.3, 0.4) is 0 Å². The molecule has 0 aromatic carbocycles. The number of ether oxygens (including phenoxy) is 1. The zero-order valence-corrected chi connectivity index (χ0v) is 15.2. The van der Waals surface area contributed by atoms with Gasteiger partial charge in [0.25, 0.3) is 0 Å². The highest BCUT2D eigenvalue weighted by molar-refractivity contribution is 6.05. The van der Waals surface area contributed by atoms with Crippen molar-refractivity contribution in [2.45, 2.75) is 58.4 Å². The minimum atomic E-state index is -0.713. The third-order valence-corrected chi connectivity index (χ3v) is 5.48. The first-order chi connectivity index (χ1) is 11.9. The fourth-order valence-corrected chi connectivity index (χ4v) is 3.71. The van der Waals surface area contributed by atoms with Gasteiger partial charge in [0.1, 0.15) is 6.04 Å². The van der Waals surface area contributed by atoms with E-state index in [4.69, 9.17) is 4.74 Å². The Hall–Kier alpha value is -1.92. The summed E-state index contributed by atoms with van der Waals surface area (Å²) in [4.78, 5) is 50.1. The van der Waals surface area contributed by atoms with Crippen LogP contribution in [0.5, 0.6) is 0 Å². The Labute approximate surface area is 148 Å². The Morgan fingerprint density at radius 1 is 1.20 bits per heavy atom. The molecule has 4 atom stereocenters. The number of methoxy groups -OCH3 is 1. The molecule has 1 saturated carbocycles. The van der Waals surface area contributed by atoms with Crippen molar-refractivity contribution in [3.63, 3.8) is 0 Å². The van der Waals surface area contributed by atoms with Gasteiger partial charge in [-0.1, -0.05) is 33.1 Å². The van der Waals surface area contributed by atoms with Gasteiger partial charge in [0, 0.05) is 13.0 Å². The van der Waals surface area contributed by atoms with E-state index >= 15 is 0 Å². The second-order valence-electron chi connectivity index (χ2n) is 7.03. The summed E-state index contributed by atoms with van der Waals surface area (Å²) in [6.07, 6.45) is 4.19. The van der Waals surface area contributed by atoms with E-state index in [1.54, 1.807) is 0 Å². The molecule has 25 heavy (non-hydrogen) atoms. The van der Waals surface area contributed by atoms with E-state index in [9.17, 15) is 19.2 Å². The summed E-state index contributed by atoms with van der Waals surface area (Å²) in [6, 6.07) is -0.713. The van der Waals surface area contributed by atoms with Crippen molar-refractivity contribution in [3.8, 4) is 0 Å². The zero-order chi connectivity index (χ0) is 18.6. The lowest BCUT2D eigenvalue weighted by molar-refractivity contribution is -0.147. The Morgan fingerprint density at radius 3 is 2.24 bits per heavy atom. The van der Waals surface area contributed by atoms with Crippen molar-refractivity contribution in [1.29, 1.82) is 0 Å². The number of nitrogens with one attached hydrogen (secondary N) is 1. The van der Waals surface area contributed by atoms with Crippen LogP contribution in [0.15, 0.2) is 0 Å². The maximum atomic E-state index is 12.4. The molecular weight excluding hydrogens is 324 g/mol. The van der Waals surface area contributed by atoms with Crippen molar-refractivity contribution in [2.75, 3.05) is 13.7 Å². The van der Waals surface area contributed by atoms with Gasteiger partial charge in [0.2, 0.25) is 17.7 Å². The number of amides is 3. The van der Waals surface area contributed by atoms with Gasteiger partial charge in [-0.25, -0.2) is 4.79 Å². The lowest BCUT2D eigenvalue weighted by Gasteiger charge is -2.22. The number of imide groups is 1. The average molecular weight is 352 g/mol. The number of likely N-dealkylation sites (tertiary alicyclic amines) is 1. The van der Waals surface area contributed by atoms with E-state index in [0.29, 0.717) is 6.42 Å². The molecule has 0 aromatic heterocycles. The average Bonchev–Trinajstić information content (AvgIpc) is 2.87. The van der Waals surface area contributed by atoms with E-state index in [1.807, 2.05) is 13.8 Å². The highest BCUT2D eigenvalue weighted by Gasteiger charge is 2.47. The number of hydrogen-bond donors (Lipinski definition) is 1. The lowest BCUT2D eigenvalue weighted by atomic mass is 9.81. The molecule has 0 bridgehead atoms. The first-order valence-electron chi connectivity index (χ1n) is 9.13. The molecule has 7 nitrogen and oxygen atoms in total. The number of rotatable bonds is 7. The van der Waals surface area contributed by atoms with Gasteiger partial charge < -0.3 is 10.1 Å². The summed E-state index contributed by atoms with van der Waals surface area (Å²) in [6.45, 7) is 3.86. The normalized spacial score (nSPS) is 25.3. The quantitative estimate of drug-likeness (QED) is 0.550. The number of hydrogen-bond acceptors (Lipinski definition) is 5. The van der Waals surface area contributed by atoms with Crippen LogP contribution < -0.4 is 5.32 Å². The van der Waals surface area contributed by atoms with E-state index in [-0.39, 0.29) is 48.4 Å². The third kappa shape index (κ3) is 4.19. The lowest BCUT2D eigenvalue weighted by Crippen LogP contribution is -2.46. The maximum Gasteiger partial charge on any atom is 0.328 e. The highest BCUT2D eigenvalue weighted by atomic mass is 16.5. The second-order valence-corrected chi connectivity index (χ2v) is 7.03. The molecule has 1 saturated heterocycles. The Balaban J connectivity index is 1.91. The van der Waals surface area contributed by atoms with Crippen LogP contribution in [0.2, 0.25) is 0 Å². The van der Waals surface area contributed by atoms with Crippen LogP contribution in [-0.2, 0) is 23.9 Å². The van der Waals surface area contributed by atoms with E-state index < -0.39 is 12.0 Å². The number of nitrogens with zero attached hydrogens (tertiary/aromatic N) is 1. The Bertz CT molecular complexity index is 524. The van der Waals surface area contributed by atoms with Gasteiger partial charge in [0.15, 0.2) is 0 Å². The maximum absolute atomic E-state index is 12.4. The minimum Gasteiger partial charge on any atom is -0.467 e. The molecule has 1 aliphatic carbocycles. The van der Waals surface area contributed by atoms with Crippen LogP contribution in [0.25, 0.3) is 0 Å². The third-order valence-electron chi connectivity index (χ3n) is 5.48. The van der Waals surface area contributed by atoms with Gasteiger partial charge in [0.05, 0.1) is 18.9 Å². The van der Waals surface area contributed by atoms with Gasteiger partial charge in [-0.2, -0.15) is 0 Å². The first-order valence-corrected chi connectivity index (χ1v) is 9.13. The summed E-state index contributed by atoms with van der Waals surface area (Å²) in [5.41, 5.74) is 0. The van der Waals surface area contributed by atoms with Crippen LogP contribution >= 0.6 is 0 Å². The molecule has 2 rings (SSSR count). The number of fused-ring (bicyclic) bond motifs is 1. The monoisotopic (exact) mass is 352 g/mol. The molecule has 1 aliphatic heterocycles. The van der Waals surface area contributed by atoms with Crippen molar-refractivity contribution < 1.29 is 23.9 Å². The fourth-order valence-electron chi connectivity index (χ4n) is 3.71. The molecule has 0 unspecified atom stereocenters. The number of carbonyl (C=O) groups excluding carboxylic acids is 4. The van der Waals surface area contributed by atoms with E-state index in [1.165, 1.54) is 12.0 Å². The summed E-state index contributed by atoms with van der Waals surface area (Å²) >= 11 is 0. The molecule has 0 spiro atoms. The molecule has 3 amide bonds. The SMILES string of the molecule is CC[C@@H](C)[C@@H](NC(=O)CCN1C(=O)[C@H]2CCCC[C@H]2C1=O)C(=O)OC. The van der Waals surface area contributed by atoms with Gasteiger partial charge in [-0.05, 0) is 18.8 Å². The van der Waals surface area contributed by atoms with Gasteiger partial charge in [-0.15, -0.1) is 0 Å². The van der Waals surface area contributed by atoms with Crippen molar-refractivity contribution >= 4 is 23.7 Å². The van der Waals surface area contributed by atoms with Crippen LogP contribution in [0.4, 0.5) is 0 Å². The van der Waals surface area contributed by atoms with Crippen molar-refractivity contribution in [1.82, 2.24) is 10.2 Å².